The molecule has 8 nitrogen and oxygen atoms in total. The van der Waals surface area contributed by atoms with E-state index >= 15 is 0 Å². The lowest BCUT2D eigenvalue weighted by Crippen LogP contribution is -2.33. The van der Waals surface area contributed by atoms with Gasteiger partial charge in [0.25, 0.3) is 5.91 Å². The number of pyridine rings is 1. The highest BCUT2D eigenvalue weighted by atomic mass is 35.5. The molecule has 1 aromatic heterocycles. The molecule has 11 heteroatoms. The normalized spacial score (nSPS) is 14.0. The van der Waals surface area contributed by atoms with Crippen molar-refractivity contribution >= 4 is 30.1 Å². The summed E-state index contributed by atoms with van der Waals surface area (Å²) in [6.07, 6.45) is 1.35. The second-order valence-electron chi connectivity index (χ2n) is 7.41. The Morgan fingerprint density at radius 3 is 2.69 bits per heavy atom. The summed E-state index contributed by atoms with van der Waals surface area (Å²) in [7, 11) is 1.53. The summed E-state index contributed by atoms with van der Waals surface area (Å²) in [5.74, 6) is -1.75. The summed E-state index contributed by atoms with van der Waals surface area (Å²) < 4.78 is 42.6. The monoisotopic (exact) mass is 505 g/mol. The van der Waals surface area contributed by atoms with E-state index in [4.69, 9.17) is 14.2 Å². The van der Waals surface area contributed by atoms with Gasteiger partial charge in [-0.25, -0.2) is 13.6 Å². The molecule has 2 heterocycles. The third kappa shape index (κ3) is 6.15. The number of nitrogens with zero attached hydrogens (tertiary/aromatic N) is 1. The van der Waals surface area contributed by atoms with Gasteiger partial charge in [0.2, 0.25) is 0 Å². The van der Waals surface area contributed by atoms with Gasteiger partial charge in [0.15, 0.2) is 11.6 Å². The molecule has 3 aromatic rings. The molecule has 184 valence electrons. The number of methoxy groups -OCH3 is 1. The number of anilines is 1. The molecule has 0 unspecified atom stereocenters. The van der Waals surface area contributed by atoms with Crippen LogP contribution in [0.25, 0.3) is 0 Å². The van der Waals surface area contributed by atoms with E-state index in [1.807, 2.05) is 0 Å². The van der Waals surface area contributed by atoms with E-state index in [1.165, 1.54) is 19.4 Å². The van der Waals surface area contributed by atoms with Crippen LogP contribution >= 0.6 is 12.4 Å². The first-order valence-electron chi connectivity index (χ1n) is 10.4. The van der Waals surface area contributed by atoms with Gasteiger partial charge in [-0.05, 0) is 30.3 Å². The van der Waals surface area contributed by atoms with Crippen LogP contribution in [0.4, 0.5) is 19.3 Å². The molecule has 35 heavy (non-hydrogen) atoms. The van der Waals surface area contributed by atoms with Crippen molar-refractivity contribution in [1.82, 2.24) is 10.3 Å². The minimum atomic E-state index is -1.07. The molecule has 1 aliphatic heterocycles. The fraction of sp³-hybridized carbons (Fsp3) is 0.208. The summed E-state index contributed by atoms with van der Waals surface area (Å²) in [5, 5.41) is 5.31. The molecular weight excluding hydrogens is 484 g/mol. The molecular formula is C24H22ClF2N3O5. The first kappa shape index (κ1) is 25.7. The van der Waals surface area contributed by atoms with Gasteiger partial charge < -0.3 is 24.8 Å². The van der Waals surface area contributed by atoms with E-state index in [9.17, 15) is 18.4 Å². The number of rotatable bonds is 6. The Bertz CT molecular complexity index is 1210. The second-order valence-corrected chi connectivity index (χ2v) is 7.41. The molecule has 0 saturated heterocycles. The van der Waals surface area contributed by atoms with Crippen molar-refractivity contribution in [1.29, 1.82) is 0 Å². The van der Waals surface area contributed by atoms with E-state index in [-0.39, 0.29) is 36.9 Å². The Hall–Kier alpha value is -3.92. The summed E-state index contributed by atoms with van der Waals surface area (Å²) in [6.45, 7) is 0.232. The molecule has 2 N–H and O–H groups in total. The van der Waals surface area contributed by atoms with Crippen molar-refractivity contribution in [3.63, 3.8) is 0 Å². The van der Waals surface area contributed by atoms with Crippen molar-refractivity contribution in [2.75, 3.05) is 19.0 Å². The van der Waals surface area contributed by atoms with Crippen LogP contribution in [0.15, 0.2) is 54.7 Å². The SMILES string of the molecule is COc1ccc(COC(=O)N[C@H]2CCOc3c(C(=O)Nc4ccc(F)c(F)c4)cccc32)nc1.Cl. The maximum atomic E-state index is 13.5. The Balaban J connectivity index is 0.00000342. The average Bonchev–Trinajstić information content (AvgIpc) is 2.85. The van der Waals surface area contributed by atoms with Crippen LogP contribution in [0.3, 0.4) is 0 Å². The van der Waals surface area contributed by atoms with E-state index in [2.05, 4.69) is 15.6 Å². The van der Waals surface area contributed by atoms with Crippen molar-refractivity contribution < 1.29 is 32.6 Å². The molecule has 0 spiro atoms. The van der Waals surface area contributed by atoms with Crippen LogP contribution < -0.4 is 20.1 Å². The lowest BCUT2D eigenvalue weighted by Gasteiger charge is -2.27. The fourth-order valence-corrected chi connectivity index (χ4v) is 3.47. The number of fused-ring (bicyclic) bond motifs is 1. The maximum Gasteiger partial charge on any atom is 0.408 e. The minimum absolute atomic E-state index is 0. The lowest BCUT2D eigenvalue weighted by atomic mass is 9.97. The van der Waals surface area contributed by atoms with E-state index < -0.39 is 29.7 Å². The molecule has 0 fully saturated rings. The topological polar surface area (TPSA) is 98.8 Å². The predicted molar refractivity (Wildman–Crippen MR) is 125 cm³/mol. The number of ether oxygens (including phenoxy) is 3. The zero-order chi connectivity index (χ0) is 24.1. The highest BCUT2D eigenvalue weighted by Crippen LogP contribution is 2.35. The number of alkyl carbamates (subject to hydrolysis) is 1. The molecule has 0 saturated carbocycles. The number of para-hydroxylation sites is 1. The Morgan fingerprint density at radius 2 is 1.97 bits per heavy atom. The molecule has 0 radical (unpaired) electrons. The van der Waals surface area contributed by atoms with Gasteiger partial charge in [0, 0.05) is 23.7 Å². The number of benzene rings is 2. The van der Waals surface area contributed by atoms with Gasteiger partial charge in [-0.3, -0.25) is 9.78 Å². The minimum Gasteiger partial charge on any atom is -0.495 e. The van der Waals surface area contributed by atoms with Gasteiger partial charge in [0.05, 0.1) is 37.2 Å². The number of hydrogen-bond acceptors (Lipinski definition) is 6. The lowest BCUT2D eigenvalue weighted by molar-refractivity contribution is 0.102. The standard InChI is InChI=1S/C24H21F2N3O5.ClH/c1-32-16-7-5-15(27-12-16)13-34-24(31)29-21-9-10-33-22-17(21)3-2-4-18(22)23(30)28-14-6-8-19(25)20(26)11-14;/h2-8,11-12,21H,9-10,13H2,1H3,(H,28,30)(H,29,31);1H/t21-;/m0./s1. The van der Waals surface area contributed by atoms with Gasteiger partial charge >= 0.3 is 6.09 Å². The predicted octanol–water partition coefficient (Wildman–Crippen LogP) is 4.79. The van der Waals surface area contributed by atoms with Crippen LogP contribution in [-0.4, -0.2) is 30.7 Å². The third-order valence-electron chi connectivity index (χ3n) is 5.17. The van der Waals surface area contributed by atoms with Gasteiger partial charge in [0.1, 0.15) is 18.1 Å². The number of carbonyl (C=O) groups excluding carboxylic acids is 2. The van der Waals surface area contributed by atoms with E-state index in [0.717, 1.165) is 12.1 Å². The molecule has 1 atom stereocenters. The Kier molecular flexibility index (Phi) is 8.43. The molecule has 0 bridgehead atoms. The number of amides is 2. The zero-order valence-corrected chi connectivity index (χ0v) is 19.4. The van der Waals surface area contributed by atoms with E-state index in [0.29, 0.717) is 29.2 Å². The smallest absolute Gasteiger partial charge is 0.408 e. The molecule has 1 aliphatic rings. The van der Waals surface area contributed by atoms with Crippen LogP contribution in [-0.2, 0) is 11.3 Å². The number of aromatic nitrogens is 1. The summed E-state index contributed by atoms with van der Waals surface area (Å²) >= 11 is 0. The van der Waals surface area contributed by atoms with Crippen LogP contribution in [0, 0.1) is 11.6 Å². The fourth-order valence-electron chi connectivity index (χ4n) is 3.47. The van der Waals surface area contributed by atoms with Crippen molar-refractivity contribution in [2.24, 2.45) is 0 Å². The molecule has 2 amide bonds. The van der Waals surface area contributed by atoms with Crippen LogP contribution in [0.1, 0.15) is 34.1 Å². The van der Waals surface area contributed by atoms with Gasteiger partial charge in [-0.2, -0.15) is 0 Å². The van der Waals surface area contributed by atoms with Crippen LogP contribution in [0.5, 0.6) is 11.5 Å². The maximum absolute atomic E-state index is 13.5. The Morgan fingerprint density at radius 1 is 1.14 bits per heavy atom. The summed E-state index contributed by atoms with van der Waals surface area (Å²) in [4.78, 5) is 29.3. The summed E-state index contributed by atoms with van der Waals surface area (Å²) in [5.41, 5.74) is 1.45. The first-order valence-corrected chi connectivity index (χ1v) is 10.4. The average molecular weight is 506 g/mol. The molecule has 0 aliphatic carbocycles. The zero-order valence-electron chi connectivity index (χ0n) is 18.5. The molecule has 2 aromatic carbocycles. The number of carbonyl (C=O) groups is 2. The number of nitrogens with one attached hydrogen (secondary N) is 2. The Labute approximate surface area is 206 Å². The van der Waals surface area contributed by atoms with Crippen molar-refractivity contribution in [2.45, 2.75) is 19.1 Å². The number of hydrogen-bond donors (Lipinski definition) is 2. The largest absolute Gasteiger partial charge is 0.495 e. The number of halogens is 3. The van der Waals surface area contributed by atoms with Gasteiger partial charge in [-0.1, -0.05) is 12.1 Å². The van der Waals surface area contributed by atoms with Gasteiger partial charge in [-0.15, -0.1) is 12.4 Å². The quantitative estimate of drug-likeness (QED) is 0.499. The highest BCUT2D eigenvalue weighted by Gasteiger charge is 2.27. The molecule has 4 rings (SSSR count). The third-order valence-corrected chi connectivity index (χ3v) is 5.17. The second kappa shape index (κ2) is 11.5. The highest BCUT2D eigenvalue weighted by molar-refractivity contribution is 6.06. The van der Waals surface area contributed by atoms with Crippen LogP contribution in [0.2, 0.25) is 0 Å². The van der Waals surface area contributed by atoms with Crippen molar-refractivity contribution in [3.05, 3.63) is 83.2 Å². The van der Waals surface area contributed by atoms with E-state index in [1.54, 1.807) is 30.3 Å². The first-order chi connectivity index (χ1) is 16.4. The van der Waals surface area contributed by atoms with Crippen molar-refractivity contribution in [3.8, 4) is 11.5 Å². The summed E-state index contributed by atoms with van der Waals surface area (Å²) in [6, 6.07) is 11.0.